The fourth-order valence-corrected chi connectivity index (χ4v) is 2.85. The maximum atomic E-state index is 6.13. The summed E-state index contributed by atoms with van der Waals surface area (Å²) in [6, 6.07) is 17.0. The Morgan fingerprint density at radius 2 is 1.95 bits per heavy atom. The van der Waals surface area contributed by atoms with Gasteiger partial charge < -0.3 is 10.5 Å². The van der Waals surface area contributed by atoms with E-state index in [2.05, 4.69) is 42.5 Å². The van der Waals surface area contributed by atoms with Gasteiger partial charge in [0.2, 0.25) is 0 Å². The summed E-state index contributed by atoms with van der Waals surface area (Å²) in [6.45, 7) is 0.717. The van der Waals surface area contributed by atoms with Crippen molar-refractivity contribution in [3.63, 3.8) is 0 Å². The molecule has 0 amide bonds. The van der Waals surface area contributed by atoms with Gasteiger partial charge in [-0.1, -0.05) is 36.4 Å². The van der Waals surface area contributed by atoms with E-state index in [4.69, 9.17) is 10.5 Å². The Labute approximate surface area is 120 Å². The minimum absolute atomic E-state index is 0.206. The molecule has 0 aromatic heterocycles. The van der Waals surface area contributed by atoms with Crippen molar-refractivity contribution in [1.29, 1.82) is 0 Å². The predicted octanol–water partition coefficient (Wildman–Crippen LogP) is 3.64. The Morgan fingerprint density at radius 1 is 1.10 bits per heavy atom. The van der Waals surface area contributed by atoms with Crippen LogP contribution in [0.4, 0.5) is 0 Å². The molecule has 1 aliphatic carbocycles. The second-order valence-corrected chi connectivity index (χ2v) is 5.44. The van der Waals surface area contributed by atoms with Gasteiger partial charge in [0, 0.05) is 12.5 Å². The molecule has 0 saturated heterocycles. The van der Waals surface area contributed by atoms with Crippen LogP contribution in [0.5, 0.6) is 5.75 Å². The van der Waals surface area contributed by atoms with Gasteiger partial charge in [0.15, 0.2) is 0 Å². The van der Waals surface area contributed by atoms with Gasteiger partial charge >= 0.3 is 0 Å². The topological polar surface area (TPSA) is 35.2 Å². The second kappa shape index (κ2) is 6.10. The molecule has 20 heavy (non-hydrogen) atoms. The summed E-state index contributed by atoms with van der Waals surface area (Å²) in [4.78, 5) is 0. The third-order valence-corrected chi connectivity index (χ3v) is 3.98. The van der Waals surface area contributed by atoms with E-state index >= 15 is 0 Å². The molecule has 0 fully saturated rings. The molecule has 0 aliphatic heterocycles. The highest BCUT2D eigenvalue weighted by Gasteiger charge is 2.16. The third kappa shape index (κ3) is 3.02. The number of rotatable bonds is 4. The molecule has 2 nitrogen and oxygen atoms in total. The maximum Gasteiger partial charge on any atom is 0.119 e. The van der Waals surface area contributed by atoms with Crippen molar-refractivity contribution in [3.8, 4) is 5.75 Å². The molecule has 0 spiro atoms. The number of hydrogen-bond donors (Lipinski definition) is 1. The van der Waals surface area contributed by atoms with Gasteiger partial charge in [0.25, 0.3) is 0 Å². The second-order valence-electron chi connectivity index (χ2n) is 5.44. The summed E-state index contributed by atoms with van der Waals surface area (Å²) in [6.07, 6.45) is 4.35. The van der Waals surface area contributed by atoms with E-state index in [-0.39, 0.29) is 6.04 Å². The molecule has 2 N–H and O–H groups in total. The van der Waals surface area contributed by atoms with E-state index in [9.17, 15) is 0 Å². The number of ether oxygens (including phenoxy) is 1. The molecule has 3 rings (SSSR count). The fraction of sp³-hybridized carbons (Fsp3) is 0.333. The molecular formula is C18H21NO. The Kier molecular flexibility index (Phi) is 4.03. The zero-order valence-corrected chi connectivity index (χ0v) is 11.7. The summed E-state index contributed by atoms with van der Waals surface area (Å²) in [7, 11) is 0. The molecule has 0 radical (unpaired) electrons. The Hall–Kier alpha value is -1.80. The largest absolute Gasteiger partial charge is 0.493 e. The van der Waals surface area contributed by atoms with Crippen LogP contribution < -0.4 is 10.5 Å². The van der Waals surface area contributed by atoms with Crippen LogP contribution in [0.15, 0.2) is 48.5 Å². The smallest absolute Gasteiger partial charge is 0.119 e. The zero-order chi connectivity index (χ0) is 13.8. The van der Waals surface area contributed by atoms with Crippen LogP contribution in [0.25, 0.3) is 0 Å². The van der Waals surface area contributed by atoms with Crippen molar-refractivity contribution in [2.45, 2.75) is 31.7 Å². The fourth-order valence-electron chi connectivity index (χ4n) is 2.85. The molecule has 1 unspecified atom stereocenters. The quantitative estimate of drug-likeness (QED) is 0.917. The van der Waals surface area contributed by atoms with Crippen molar-refractivity contribution in [2.75, 3.05) is 6.61 Å². The molecular weight excluding hydrogens is 246 g/mol. The average molecular weight is 267 g/mol. The van der Waals surface area contributed by atoms with Crippen LogP contribution in [0.1, 0.15) is 35.6 Å². The molecule has 104 valence electrons. The summed E-state index contributed by atoms with van der Waals surface area (Å²) in [5, 5.41) is 0. The first-order valence-corrected chi connectivity index (χ1v) is 7.38. The van der Waals surface area contributed by atoms with Crippen LogP contribution in [-0.2, 0) is 12.8 Å². The third-order valence-electron chi connectivity index (χ3n) is 3.98. The number of fused-ring (bicyclic) bond motifs is 1. The number of nitrogens with two attached hydrogens (primary N) is 1. The number of aryl methyl sites for hydroxylation is 1. The monoisotopic (exact) mass is 267 g/mol. The zero-order valence-electron chi connectivity index (χ0n) is 11.7. The summed E-state index contributed by atoms with van der Waals surface area (Å²) >= 11 is 0. The first-order valence-electron chi connectivity index (χ1n) is 7.38. The van der Waals surface area contributed by atoms with Crippen molar-refractivity contribution in [2.24, 2.45) is 5.73 Å². The van der Waals surface area contributed by atoms with Gasteiger partial charge in [0.05, 0.1) is 6.61 Å². The minimum atomic E-state index is 0.206. The molecule has 2 aromatic carbocycles. The van der Waals surface area contributed by atoms with Crippen LogP contribution in [-0.4, -0.2) is 6.61 Å². The van der Waals surface area contributed by atoms with Crippen molar-refractivity contribution in [1.82, 2.24) is 0 Å². The van der Waals surface area contributed by atoms with Gasteiger partial charge in [-0.2, -0.15) is 0 Å². The standard InChI is InChI=1S/C18H21NO/c19-18-8-4-7-15-13-16(9-10-17(15)18)20-12-11-14-5-2-1-3-6-14/h1-3,5-6,9-10,13,18H,4,7-8,11-12,19H2. The predicted molar refractivity (Wildman–Crippen MR) is 81.9 cm³/mol. The minimum Gasteiger partial charge on any atom is -0.493 e. The van der Waals surface area contributed by atoms with E-state index in [0.717, 1.165) is 31.6 Å². The van der Waals surface area contributed by atoms with Gasteiger partial charge in [-0.05, 0) is 48.1 Å². The molecule has 2 heteroatoms. The summed E-state index contributed by atoms with van der Waals surface area (Å²) in [5.74, 6) is 0.966. The first-order chi connectivity index (χ1) is 9.83. The van der Waals surface area contributed by atoms with E-state index in [1.54, 1.807) is 0 Å². The lowest BCUT2D eigenvalue weighted by molar-refractivity contribution is 0.321. The van der Waals surface area contributed by atoms with E-state index in [0.29, 0.717) is 0 Å². The maximum absolute atomic E-state index is 6.13. The summed E-state index contributed by atoms with van der Waals surface area (Å²) < 4.78 is 5.87. The lowest BCUT2D eigenvalue weighted by Crippen LogP contribution is -2.17. The highest BCUT2D eigenvalue weighted by atomic mass is 16.5. The number of benzene rings is 2. The molecule has 1 atom stereocenters. The average Bonchev–Trinajstić information content (AvgIpc) is 2.48. The Bertz CT molecular complexity index is 565. The van der Waals surface area contributed by atoms with Crippen LogP contribution in [0.3, 0.4) is 0 Å². The highest BCUT2D eigenvalue weighted by Crippen LogP contribution is 2.30. The first kappa shape index (κ1) is 13.2. The molecule has 0 saturated carbocycles. The SMILES string of the molecule is NC1CCCc2cc(OCCc3ccccc3)ccc21. The summed E-state index contributed by atoms with van der Waals surface area (Å²) in [5.41, 5.74) is 10.1. The molecule has 0 bridgehead atoms. The van der Waals surface area contributed by atoms with Crippen LogP contribution in [0, 0.1) is 0 Å². The van der Waals surface area contributed by atoms with Crippen LogP contribution in [0.2, 0.25) is 0 Å². The Balaban J connectivity index is 1.61. The van der Waals surface area contributed by atoms with Crippen molar-refractivity contribution < 1.29 is 4.74 Å². The lowest BCUT2D eigenvalue weighted by Gasteiger charge is -2.22. The van der Waals surface area contributed by atoms with Gasteiger partial charge in [-0.15, -0.1) is 0 Å². The van der Waals surface area contributed by atoms with Gasteiger partial charge in [-0.3, -0.25) is 0 Å². The van der Waals surface area contributed by atoms with Gasteiger partial charge in [-0.25, -0.2) is 0 Å². The van der Waals surface area contributed by atoms with E-state index in [1.807, 2.05) is 6.07 Å². The van der Waals surface area contributed by atoms with E-state index in [1.165, 1.54) is 23.1 Å². The highest BCUT2D eigenvalue weighted by molar-refractivity contribution is 5.38. The normalized spacial score (nSPS) is 17.6. The van der Waals surface area contributed by atoms with Crippen molar-refractivity contribution in [3.05, 3.63) is 65.2 Å². The lowest BCUT2D eigenvalue weighted by atomic mass is 9.88. The molecule has 0 heterocycles. The van der Waals surface area contributed by atoms with E-state index < -0.39 is 0 Å². The Morgan fingerprint density at radius 3 is 2.80 bits per heavy atom. The van der Waals surface area contributed by atoms with Crippen molar-refractivity contribution >= 4 is 0 Å². The van der Waals surface area contributed by atoms with Crippen LogP contribution >= 0.6 is 0 Å². The number of hydrogen-bond acceptors (Lipinski definition) is 2. The molecule has 2 aromatic rings. The molecule has 1 aliphatic rings. The van der Waals surface area contributed by atoms with Gasteiger partial charge in [0.1, 0.15) is 5.75 Å².